The van der Waals surface area contributed by atoms with Crippen LogP contribution in [0.3, 0.4) is 0 Å². The molecule has 1 rings (SSSR count). The predicted octanol–water partition coefficient (Wildman–Crippen LogP) is 1.97. The van der Waals surface area contributed by atoms with Crippen LogP contribution >= 0.6 is 0 Å². The van der Waals surface area contributed by atoms with Crippen molar-refractivity contribution in [1.29, 1.82) is 0 Å². The number of hydrogen-bond donors (Lipinski definition) is 2. The highest BCUT2D eigenvalue weighted by Crippen LogP contribution is 2.12. The molecule has 1 heterocycles. The highest BCUT2D eigenvalue weighted by molar-refractivity contribution is 4.84. The van der Waals surface area contributed by atoms with Crippen LogP contribution in [0.15, 0.2) is 0 Å². The van der Waals surface area contributed by atoms with Crippen molar-refractivity contribution in [2.24, 2.45) is 11.8 Å². The van der Waals surface area contributed by atoms with Crippen LogP contribution in [-0.4, -0.2) is 18.8 Å². The Bertz CT molecular complexity index is 127. The minimum absolute atomic E-state index is 0.559. The van der Waals surface area contributed by atoms with Crippen LogP contribution in [0.4, 0.5) is 0 Å². The average molecular weight is 184 g/mol. The van der Waals surface area contributed by atoms with Crippen LogP contribution in [0, 0.1) is 11.8 Å². The smallest absolute Gasteiger partial charge is 0.0577 e. The van der Waals surface area contributed by atoms with Crippen molar-refractivity contribution in [1.82, 2.24) is 10.6 Å². The van der Waals surface area contributed by atoms with E-state index in [4.69, 9.17) is 0 Å². The lowest BCUT2D eigenvalue weighted by molar-refractivity contribution is 0.402. The fraction of sp³-hybridized carbons (Fsp3) is 1.00. The summed E-state index contributed by atoms with van der Waals surface area (Å²) < 4.78 is 0. The minimum atomic E-state index is 0.559. The van der Waals surface area contributed by atoms with E-state index in [1.165, 1.54) is 12.8 Å². The Morgan fingerprint density at radius 1 is 1.08 bits per heavy atom. The third kappa shape index (κ3) is 4.10. The van der Waals surface area contributed by atoms with Gasteiger partial charge in [-0.25, -0.2) is 0 Å². The zero-order valence-electron chi connectivity index (χ0n) is 9.43. The molecule has 2 N–H and O–H groups in total. The molecule has 1 saturated heterocycles. The third-order valence-electron chi connectivity index (χ3n) is 2.51. The molecule has 1 aliphatic rings. The average Bonchev–Trinajstić information content (AvgIpc) is 2.33. The molecule has 0 aliphatic carbocycles. The van der Waals surface area contributed by atoms with Crippen LogP contribution in [0.5, 0.6) is 0 Å². The molecule has 1 unspecified atom stereocenters. The van der Waals surface area contributed by atoms with Gasteiger partial charge in [0, 0.05) is 12.6 Å². The van der Waals surface area contributed by atoms with Crippen LogP contribution < -0.4 is 10.6 Å². The summed E-state index contributed by atoms with van der Waals surface area (Å²) >= 11 is 0. The van der Waals surface area contributed by atoms with Gasteiger partial charge in [0.15, 0.2) is 0 Å². The van der Waals surface area contributed by atoms with Gasteiger partial charge in [-0.3, -0.25) is 5.32 Å². The summed E-state index contributed by atoms with van der Waals surface area (Å²) in [5.74, 6) is 1.58. The first-order valence-electron chi connectivity index (χ1n) is 5.57. The lowest BCUT2D eigenvalue weighted by Crippen LogP contribution is -2.35. The van der Waals surface area contributed by atoms with E-state index in [1.54, 1.807) is 0 Å². The van der Waals surface area contributed by atoms with Crippen molar-refractivity contribution in [3.05, 3.63) is 0 Å². The molecule has 0 amide bonds. The van der Waals surface area contributed by atoms with Gasteiger partial charge in [-0.05, 0) is 24.7 Å². The SMILES string of the molecule is CC(C)CC1NC[C@H](CC(C)C)N1. The number of hydrogen-bond acceptors (Lipinski definition) is 2. The monoisotopic (exact) mass is 184 g/mol. The largest absolute Gasteiger partial charge is 0.300 e. The fourth-order valence-electron chi connectivity index (χ4n) is 2.03. The zero-order chi connectivity index (χ0) is 9.84. The Kier molecular flexibility index (Phi) is 4.20. The van der Waals surface area contributed by atoms with Crippen molar-refractivity contribution in [3.63, 3.8) is 0 Å². The van der Waals surface area contributed by atoms with Gasteiger partial charge < -0.3 is 5.32 Å². The molecule has 0 aromatic carbocycles. The summed E-state index contributed by atoms with van der Waals surface area (Å²) in [6.45, 7) is 10.3. The maximum Gasteiger partial charge on any atom is 0.0577 e. The first-order valence-corrected chi connectivity index (χ1v) is 5.57. The van der Waals surface area contributed by atoms with E-state index in [0.29, 0.717) is 12.2 Å². The summed E-state index contributed by atoms with van der Waals surface area (Å²) in [6, 6.07) is 0.698. The Hall–Kier alpha value is -0.0800. The Morgan fingerprint density at radius 2 is 1.69 bits per heavy atom. The van der Waals surface area contributed by atoms with E-state index in [1.807, 2.05) is 0 Å². The van der Waals surface area contributed by atoms with Gasteiger partial charge in [-0.2, -0.15) is 0 Å². The summed E-state index contributed by atoms with van der Waals surface area (Å²) in [6.07, 6.45) is 3.10. The highest BCUT2D eigenvalue weighted by Gasteiger charge is 2.23. The lowest BCUT2D eigenvalue weighted by Gasteiger charge is -2.16. The Morgan fingerprint density at radius 3 is 2.23 bits per heavy atom. The van der Waals surface area contributed by atoms with Gasteiger partial charge in [0.05, 0.1) is 6.17 Å². The maximum atomic E-state index is 3.64. The first kappa shape index (κ1) is 11.0. The second-order valence-electron chi connectivity index (χ2n) is 5.08. The lowest BCUT2D eigenvalue weighted by atomic mass is 10.0. The van der Waals surface area contributed by atoms with Crippen LogP contribution in [0.1, 0.15) is 40.5 Å². The second kappa shape index (κ2) is 4.97. The molecule has 1 aliphatic heterocycles. The quantitative estimate of drug-likeness (QED) is 0.698. The molecule has 0 aromatic heterocycles. The Labute approximate surface area is 82.5 Å². The first-order chi connectivity index (χ1) is 6.08. The van der Waals surface area contributed by atoms with E-state index < -0.39 is 0 Å². The third-order valence-corrected chi connectivity index (χ3v) is 2.51. The summed E-state index contributed by atoms with van der Waals surface area (Å²) in [7, 11) is 0. The summed E-state index contributed by atoms with van der Waals surface area (Å²) in [5.41, 5.74) is 0. The number of nitrogens with one attached hydrogen (secondary N) is 2. The second-order valence-corrected chi connectivity index (χ2v) is 5.08. The predicted molar refractivity (Wildman–Crippen MR) is 57.6 cm³/mol. The maximum absolute atomic E-state index is 3.64. The number of rotatable bonds is 4. The standard InChI is InChI=1S/C11H24N2/c1-8(2)5-10-7-12-11(13-10)6-9(3)4/h8-13H,5-7H2,1-4H3/t10-,11?/m0/s1. The molecule has 2 nitrogen and oxygen atoms in total. The molecular formula is C11H24N2. The molecule has 0 saturated carbocycles. The zero-order valence-corrected chi connectivity index (χ0v) is 9.43. The summed E-state index contributed by atoms with van der Waals surface area (Å²) in [4.78, 5) is 0. The van der Waals surface area contributed by atoms with E-state index >= 15 is 0 Å². The van der Waals surface area contributed by atoms with Crippen LogP contribution in [0.25, 0.3) is 0 Å². The van der Waals surface area contributed by atoms with E-state index in [0.717, 1.165) is 18.4 Å². The molecule has 0 spiro atoms. The highest BCUT2D eigenvalue weighted by atomic mass is 15.2. The van der Waals surface area contributed by atoms with Gasteiger partial charge in [-0.1, -0.05) is 27.7 Å². The van der Waals surface area contributed by atoms with Crippen LogP contribution in [0.2, 0.25) is 0 Å². The van der Waals surface area contributed by atoms with Gasteiger partial charge in [0.1, 0.15) is 0 Å². The van der Waals surface area contributed by atoms with E-state index in [-0.39, 0.29) is 0 Å². The molecule has 0 bridgehead atoms. The van der Waals surface area contributed by atoms with Crippen molar-refractivity contribution in [2.75, 3.05) is 6.54 Å². The topological polar surface area (TPSA) is 24.1 Å². The minimum Gasteiger partial charge on any atom is -0.300 e. The fourth-order valence-corrected chi connectivity index (χ4v) is 2.03. The van der Waals surface area contributed by atoms with Gasteiger partial charge in [0.25, 0.3) is 0 Å². The van der Waals surface area contributed by atoms with Crippen LogP contribution in [-0.2, 0) is 0 Å². The molecule has 0 radical (unpaired) electrons. The van der Waals surface area contributed by atoms with Crippen molar-refractivity contribution < 1.29 is 0 Å². The van der Waals surface area contributed by atoms with E-state index in [9.17, 15) is 0 Å². The summed E-state index contributed by atoms with van der Waals surface area (Å²) in [5, 5.41) is 7.17. The molecule has 78 valence electrons. The van der Waals surface area contributed by atoms with Gasteiger partial charge in [0.2, 0.25) is 0 Å². The molecule has 1 fully saturated rings. The van der Waals surface area contributed by atoms with Gasteiger partial charge in [-0.15, -0.1) is 0 Å². The van der Waals surface area contributed by atoms with Crippen molar-refractivity contribution in [2.45, 2.75) is 52.7 Å². The molecule has 13 heavy (non-hydrogen) atoms. The van der Waals surface area contributed by atoms with Gasteiger partial charge >= 0.3 is 0 Å². The molecular weight excluding hydrogens is 160 g/mol. The van der Waals surface area contributed by atoms with Crippen molar-refractivity contribution >= 4 is 0 Å². The molecule has 2 atom stereocenters. The normalized spacial score (nSPS) is 29.1. The molecule has 2 heteroatoms. The molecule has 0 aromatic rings. The van der Waals surface area contributed by atoms with Crippen molar-refractivity contribution in [3.8, 4) is 0 Å². The van der Waals surface area contributed by atoms with E-state index in [2.05, 4.69) is 38.3 Å². The Balaban J connectivity index is 2.20.